The molecule has 0 aliphatic heterocycles. The minimum Gasteiger partial charge on any atom is -0.507 e. The summed E-state index contributed by atoms with van der Waals surface area (Å²) < 4.78 is 0.984. The molecule has 102 valence electrons. The highest BCUT2D eigenvalue weighted by atomic mass is 127. The van der Waals surface area contributed by atoms with Gasteiger partial charge in [0.05, 0.1) is 12.6 Å². The summed E-state index contributed by atoms with van der Waals surface area (Å²) in [6, 6.07) is 14.6. The van der Waals surface area contributed by atoms with Crippen molar-refractivity contribution in [3.8, 4) is 5.75 Å². The zero-order chi connectivity index (χ0) is 14.4. The lowest BCUT2D eigenvalue weighted by Crippen LogP contribution is -2.19. The smallest absolute Gasteiger partial charge is 0.244 e. The minimum atomic E-state index is -0.197. The Morgan fingerprint density at radius 2 is 2.00 bits per heavy atom. The summed E-state index contributed by atoms with van der Waals surface area (Å²) in [6.07, 6.45) is 1.71. The molecule has 0 saturated carbocycles. The highest BCUT2D eigenvalue weighted by molar-refractivity contribution is 14.1. The number of nitrogens with one attached hydrogen (secondary N) is 1. The molecule has 2 N–H and O–H groups in total. The van der Waals surface area contributed by atoms with E-state index in [1.165, 1.54) is 6.21 Å². The molecule has 0 aliphatic rings. The number of carbonyl (C=O) groups is 1. The maximum atomic E-state index is 11.7. The Kier molecular flexibility index (Phi) is 5.11. The Bertz CT molecular complexity index is 627. The van der Waals surface area contributed by atoms with Crippen LogP contribution in [0.15, 0.2) is 53.6 Å². The molecule has 0 unspecified atom stereocenters. The lowest BCUT2D eigenvalue weighted by atomic mass is 10.1. The van der Waals surface area contributed by atoms with Crippen molar-refractivity contribution in [2.75, 3.05) is 0 Å². The van der Waals surface area contributed by atoms with Crippen LogP contribution in [-0.2, 0) is 11.2 Å². The van der Waals surface area contributed by atoms with Gasteiger partial charge in [0.15, 0.2) is 0 Å². The van der Waals surface area contributed by atoms with Crippen LogP contribution in [0, 0.1) is 3.57 Å². The molecule has 1 amide bonds. The molecular formula is C15H13IN2O2. The van der Waals surface area contributed by atoms with Crippen LogP contribution in [0.25, 0.3) is 0 Å². The van der Waals surface area contributed by atoms with Gasteiger partial charge in [-0.2, -0.15) is 5.10 Å². The van der Waals surface area contributed by atoms with Gasteiger partial charge < -0.3 is 5.11 Å². The number of benzene rings is 2. The van der Waals surface area contributed by atoms with Crippen molar-refractivity contribution in [3.63, 3.8) is 0 Å². The molecule has 5 heteroatoms. The number of amides is 1. The average Bonchev–Trinajstić information content (AvgIpc) is 2.44. The molecule has 20 heavy (non-hydrogen) atoms. The molecule has 0 aliphatic carbocycles. The van der Waals surface area contributed by atoms with Crippen LogP contribution in [0.2, 0.25) is 0 Å². The van der Waals surface area contributed by atoms with Crippen LogP contribution in [0.3, 0.4) is 0 Å². The first-order valence-corrected chi connectivity index (χ1v) is 7.07. The second-order valence-corrected chi connectivity index (χ2v) is 5.40. The van der Waals surface area contributed by atoms with Crippen LogP contribution in [0.1, 0.15) is 11.1 Å². The van der Waals surface area contributed by atoms with Crippen LogP contribution in [0.4, 0.5) is 0 Å². The van der Waals surface area contributed by atoms with Gasteiger partial charge in [0, 0.05) is 9.13 Å². The molecule has 0 bridgehead atoms. The lowest BCUT2D eigenvalue weighted by molar-refractivity contribution is -0.120. The van der Waals surface area contributed by atoms with Gasteiger partial charge in [0.25, 0.3) is 0 Å². The molecule has 2 aromatic carbocycles. The maximum absolute atomic E-state index is 11.7. The summed E-state index contributed by atoms with van der Waals surface area (Å²) in [5.74, 6) is -0.0657. The van der Waals surface area contributed by atoms with Crippen molar-refractivity contribution in [1.29, 1.82) is 0 Å². The van der Waals surface area contributed by atoms with Gasteiger partial charge in [0.2, 0.25) is 5.91 Å². The van der Waals surface area contributed by atoms with E-state index in [1.54, 1.807) is 18.2 Å². The molecule has 0 saturated heterocycles. The predicted octanol–water partition coefficient (Wildman–Crippen LogP) is 2.69. The quantitative estimate of drug-likeness (QED) is 0.487. The Balaban J connectivity index is 1.93. The van der Waals surface area contributed by atoms with Crippen LogP contribution in [-0.4, -0.2) is 17.2 Å². The van der Waals surface area contributed by atoms with E-state index < -0.39 is 0 Å². The molecule has 2 aromatic rings. The first kappa shape index (κ1) is 14.5. The van der Waals surface area contributed by atoms with E-state index >= 15 is 0 Å². The van der Waals surface area contributed by atoms with E-state index in [-0.39, 0.29) is 18.1 Å². The highest BCUT2D eigenvalue weighted by Gasteiger charge is 2.02. The third-order valence-electron chi connectivity index (χ3n) is 2.59. The first-order valence-electron chi connectivity index (χ1n) is 5.99. The molecule has 0 radical (unpaired) electrons. The van der Waals surface area contributed by atoms with Crippen molar-refractivity contribution in [3.05, 3.63) is 63.2 Å². The molecule has 0 aromatic heterocycles. The summed E-state index contributed by atoms with van der Waals surface area (Å²) in [5, 5.41) is 13.5. The molecular weight excluding hydrogens is 367 g/mol. The summed E-state index contributed by atoms with van der Waals surface area (Å²) in [7, 11) is 0. The van der Waals surface area contributed by atoms with Gasteiger partial charge in [-0.05, 0) is 46.4 Å². The molecule has 0 spiro atoms. The Morgan fingerprint density at radius 3 is 2.75 bits per heavy atom. The van der Waals surface area contributed by atoms with E-state index in [9.17, 15) is 9.90 Å². The Morgan fingerprint density at radius 1 is 1.25 bits per heavy atom. The van der Waals surface area contributed by atoms with E-state index in [2.05, 4.69) is 33.1 Å². The van der Waals surface area contributed by atoms with Crippen molar-refractivity contribution < 1.29 is 9.90 Å². The van der Waals surface area contributed by atoms with Crippen LogP contribution < -0.4 is 5.43 Å². The number of phenols is 1. The van der Waals surface area contributed by atoms with Crippen molar-refractivity contribution in [1.82, 2.24) is 5.43 Å². The Labute approximate surface area is 130 Å². The number of hydrogen-bond acceptors (Lipinski definition) is 3. The van der Waals surface area contributed by atoms with Crippen molar-refractivity contribution >= 4 is 34.7 Å². The number of carbonyl (C=O) groups excluding carboxylic acids is 1. The number of nitrogens with zero attached hydrogens (tertiary/aromatic N) is 1. The predicted molar refractivity (Wildman–Crippen MR) is 86.7 cm³/mol. The minimum absolute atomic E-state index is 0.131. The second-order valence-electron chi connectivity index (χ2n) is 4.16. The number of hydrogen-bond donors (Lipinski definition) is 2. The van der Waals surface area contributed by atoms with E-state index in [0.717, 1.165) is 9.13 Å². The maximum Gasteiger partial charge on any atom is 0.244 e. The zero-order valence-corrected chi connectivity index (χ0v) is 12.7. The third kappa shape index (κ3) is 4.34. The van der Waals surface area contributed by atoms with E-state index in [0.29, 0.717) is 5.56 Å². The normalized spacial score (nSPS) is 10.7. The van der Waals surface area contributed by atoms with E-state index in [1.807, 2.05) is 30.3 Å². The molecule has 0 fully saturated rings. The summed E-state index contributed by atoms with van der Waals surface area (Å²) in [5.41, 5.74) is 3.94. The lowest BCUT2D eigenvalue weighted by Gasteiger charge is -2.01. The van der Waals surface area contributed by atoms with E-state index in [4.69, 9.17) is 0 Å². The third-order valence-corrected chi connectivity index (χ3v) is 3.26. The van der Waals surface area contributed by atoms with Crippen LogP contribution in [0.5, 0.6) is 5.75 Å². The summed E-state index contributed by atoms with van der Waals surface area (Å²) in [6.45, 7) is 0. The molecule has 0 atom stereocenters. The van der Waals surface area contributed by atoms with Gasteiger partial charge >= 0.3 is 0 Å². The average molecular weight is 380 g/mol. The topological polar surface area (TPSA) is 61.7 Å². The Hall–Kier alpha value is -1.89. The number of phenolic OH excluding ortho intramolecular Hbond substituents is 1. The summed E-state index contributed by atoms with van der Waals surface area (Å²) >= 11 is 2.14. The highest BCUT2D eigenvalue weighted by Crippen LogP contribution is 2.17. The van der Waals surface area contributed by atoms with Crippen LogP contribution >= 0.6 is 22.6 Å². The fraction of sp³-hybridized carbons (Fsp3) is 0.0667. The first-order chi connectivity index (χ1) is 9.65. The second kappa shape index (κ2) is 7.04. The molecule has 2 rings (SSSR count). The fourth-order valence-corrected chi connectivity index (χ4v) is 2.14. The fourth-order valence-electron chi connectivity index (χ4n) is 1.62. The number of hydrazone groups is 1. The SMILES string of the molecule is O=C(Cc1ccccc1)N/N=C\c1cc(I)ccc1O. The van der Waals surface area contributed by atoms with Crippen molar-refractivity contribution in [2.24, 2.45) is 5.10 Å². The monoisotopic (exact) mass is 380 g/mol. The van der Waals surface area contributed by atoms with Gasteiger partial charge in [-0.25, -0.2) is 5.43 Å². The largest absolute Gasteiger partial charge is 0.507 e. The zero-order valence-electron chi connectivity index (χ0n) is 10.6. The van der Waals surface area contributed by atoms with Gasteiger partial charge in [-0.3, -0.25) is 4.79 Å². The summed E-state index contributed by atoms with van der Waals surface area (Å²) in [4.78, 5) is 11.7. The molecule has 0 heterocycles. The number of aromatic hydroxyl groups is 1. The van der Waals surface area contributed by atoms with Gasteiger partial charge in [0.1, 0.15) is 5.75 Å². The standard InChI is InChI=1S/C15H13IN2O2/c16-13-6-7-14(19)12(9-13)10-17-18-15(20)8-11-4-2-1-3-5-11/h1-7,9-10,19H,8H2,(H,18,20)/b17-10-. The van der Waals surface area contributed by atoms with Gasteiger partial charge in [-0.15, -0.1) is 0 Å². The molecule has 4 nitrogen and oxygen atoms in total. The van der Waals surface area contributed by atoms with Crippen molar-refractivity contribution in [2.45, 2.75) is 6.42 Å². The number of halogens is 1. The van der Waals surface area contributed by atoms with Gasteiger partial charge in [-0.1, -0.05) is 30.3 Å². The number of rotatable bonds is 4.